The van der Waals surface area contributed by atoms with Crippen molar-refractivity contribution in [2.75, 3.05) is 7.05 Å². The lowest BCUT2D eigenvalue weighted by molar-refractivity contribution is -0.119. The molecule has 5 heteroatoms. The lowest BCUT2D eigenvalue weighted by atomic mass is 10.0. The Morgan fingerprint density at radius 1 is 1.17 bits per heavy atom. The first-order valence-corrected chi connectivity index (χ1v) is 8.18. The van der Waals surface area contributed by atoms with Crippen molar-refractivity contribution in [3.8, 4) is 5.75 Å². The number of hydrogen-bond acceptors (Lipinski definition) is 2. The van der Waals surface area contributed by atoms with Crippen molar-refractivity contribution in [1.82, 2.24) is 5.32 Å². The largest absolute Gasteiger partial charge is 0.487 e. The molecule has 0 spiro atoms. The predicted octanol–water partition coefficient (Wildman–Crippen LogP) is 4.42. The number of carbonyl (C=O) groups is 1. The molecule has 2 rings (SSSR count). The minimum absolute atomic E-state index is 0.0705. The molecule has 2 aromatic carbocycles. The van der Waals surface area contributed by atoms with Crippen molar-refractivity contribution in [3.63, 3.8) is 0 Å². The van der Waals surface area contributed by atoms with Gasteiger partial charge in [0, 0.05) is 17.6 Å². The first kappa shape index (κ1) is 17.6. The number of hydrogen-bond donors (Lipinski definition) is 1. The van der Waals surface area contributed by atoms with Gasteiger partial charge >= 0.3 is 0 Å². The van der Waals surface area contributed by atoms with Crippen LogP contribution in [0.4, 0.5) is 0 Å². The molecule has 0 aliphatic rings. The molecule has 3 nitrogen and oxygen atoms in total. The standard InChI is InChI=1S/C18H19Cl2NO2/c1-3-12-7-8-17(16(20)9-12)23-11-14-13(10-18(22)21-2)5-4-6-15(14)19/h4-9H,3,10-11H2,1-2H3,(H,21,22). The number of nitrogens with one attached hydrogen (secondary N) is 1. The van der Waals surface area contributed by atoms with Crippen LogP contribution in [0.3, 0.4) is 0 Å². The molecule has 0 fully saturated rings. The maximum absolute atomic E-state index is 11.6. The quantitative estimate of drug-likeness (QED) is 0.836. The topological polar surface area (TPSA) is 38.3 Å². The van der Waals surface area contributed by atoms with Crippen LogP contribution in [0.5, 0.6) is 5.75 Å². The van der Waals surface area contributed by atoms with E-state index >= 15 is 0 Å². The summed E-state index contributed by atoms with van der Waals surface area (Å²) in [5.41, 5.74) is 2.80. The Morgan fingerprint density at radius 3 is 2.61 bits per heavy atom. The van der Waals surface area contributed by atoms with Crippen LogP contribution >= 0.6 is 23.2 Å². The zero-order valence-electron chi connectivity index (χ0n) is 13.2. The minimum atomic E-state index is -0.0705. The van der Waals surface area contributed by atoms with Crippen LogP contribution in [-0.2, 0) is 24.2 Å². The number of ether oxygens (including phenoxy) is 1. The van der Waals surface area contributed by atoms with E-state index in [1.54, 1.807) is 13.1 Å². The highest BCUT2D eigenvalue weighted by Gasteiger charge is 2.12. The average molecular weight is 352 g/mol. The number of amides is 1. The van der Waals surface area contributed by atoms with Gasteiger partial charge in [-0.1, -0.05) is 48.3 Å². The molecule has 0 saturated heterocycles. The summed E-state index contributed by atoms with van der Waals surface area (Å²) < 4.78 is 5.81. The van der Waals surface area contributed by atoms with Gasteiger partial charge in [-0.25, -0.2) is 0 Å². The van der Waals surface area contributed by atoms with E-state index in [4.69, 9.17) is 27.9 Å². The fourth-order valence-corrected chi connectivity index (χ4v) is 2.73. The minimum Gasteiger partial charge on any atom is -0.487 e. The van der Waals surface area contributed by atoms with Crippen molar-refractivity contribution in [3.05, 3.63) is 63.1 Å². The van der Waals surface area contributed by atoms with Gasteiger partial charge in [0.05, 0.1) is 11.4 Å². The zero-order valence-corrected chi connectivity index (χ0v) is 14.7. The van der Waals surface area contributed by atoms with Crippen LogP contribution in [0.1, 0.15) is 23.6 Å². The van der Waals surface area contributed by atoms with E-state index in [0.29, 0.717) is 15.8 Å². The second-order valence-corrected chi connectivity index (χ2v) is 5.95. The summed E-state index contributed by atoms with van der Waals surface area (Å²) in [7, 11) is 1.61. The molecule has 0 radical (unpaired) electrons. The lowest BCUT2D eigenvalue weighted by Crippen LogP contribution is -2.21. The van der Waals surface area contributed by atoms with Gasteiger partial charge in [0.1, 0.15) is 12.4 Å². The lowest BCUT2D eigenvalue weighted by Gasteiger charge is -2.14. The average Bonchev–Trinajstić information content (AvgIpc) is 2.55. The fraction of sp³-hybridized carbons (Fsp3) is 0.278. The molecule has 0 unspecified atom stereocenters. The van der Waals surface area contributed by atoms with Gasteiger partial charge in [-0.05, 0) is 35.7 Å². The second-order valence-electron chi connectivity index (χ2n) is 5.13. The predicted molar refractivity (Wildman–Crippen MR) is 94.4 cm³/mol. The Hall–Kier alpha value is -1.71. The molecule has 2 aromatic rings. The van der Waals surface area contributed by atoms with Crippen molar-refractivity contribution < 1.29 is 9.53 Å². The number of likely N-dealkylation sites (N-methyl/N-ethyl adjacent to an activating group) is 1. The van der Waals surface area contributed by atoms with Crippen LogP contribution in [-0.4, -0.2) is 13.0 Å². The van der Waals surface area contributed by atoms with Gasteiger partial charge in [-0.2, -0.15) is 0 Å². The number of carbonyl (C=O) groups excluding carboxylic acids is 1. The molecule has 0 bridgehead atoms. The molecule has 122 valence electrons. The van der Waals surface area contributed by atoms with Crippen LogP contribution in [0, 0.1) is 0 Å². The summed E-state index contributed by atoms with van der Waals surface area (Å²) >= 11 is 12.5. The van der Waals surface area contributed by atoms with Crippen molar-refractivity contribution >= 4 is 29.1 Å². The molecule has 1 amide bonds. The third-order valence-electron chi connectivity index (χ3n) is 3.62. The SMILES string of the molecule is CCc1ccc(OCc2c(Cl)cccc2CC(=O)NC)c(Cl)c1. The van der Waals surface area contributed by atoms with E-state index in [9.17, 15) is 4.79 Å². The third-order valence-corrected chi connectivity index (χ3v) is 4.27. The van der Waals surface area contributed by atoms with Crippen molar-refractivity contribution in [2.45, 2.75) is 26.4 Å². The molecule has 1 N–H and O–H groups in total. The van der Waals surface area contributed by atoms with E-state index in [0.717, 1.165) is 23.1 Å². The van der Waals surface area contributed by atoms with E-state index in [1.807, 2.05) is 30.3 Å². The molecular weight excluding hydrogens is 333 g/mol. The maximum atomic E-state index is 11.6. The molecule has 0 aliphatic heterocycles. The number of rotatable bonds is 6. The Bertz CT molecular complexity index is 701. The highest BCUT2D eigenvalue weighted by atomic mass is 35.5. The van der Waals surface area contributed by atoms with Crippen LogP contribution in [0.25, 0.3) is 0 Å². The maximum Gasteiger partial charge on any atom is 0.224 e. The normalized spacial score (nSPS) is 10.4. The van der Waals surface area contributed by atoms with Gasteiger partial charge in [0.15, 0.2) is 0 Å². The highest BCUT2D eigenvalue weighted by molar-refractivity contribution is 6.32. The van der Waals surface area contributed by atoms with Crippen molar-refractivity contribution in [2.24, 2.45) is 0 Å². The Balaban J connectivity index is 2.18. The Labute approximate surface area is 146 Å². The summed E-state index contributed by atoms with van der Waals surface area (Å²) in [6.07, 6.45) is 1.18. The summed E-state index contributed by atoms with van der Waals surface area (Å²) in [6, 6.07) is 11.2. The smallest absolute Gasteiger partial charge is 0.224 e. The van der Waals surface area contributed by atoms with Crippen molar-refractivity contribution in [1.29, 1.82) is 0 Å². The van der Waals surface area contributed by atoms with E-state index in [1.165, 1.54) is 0 Å². The van der Waals surface area contributed by atoms with Gasteiger partial charge in [-0.3, -0.25) is 4.79 Å². The summed E-state index contributed by atoms with van der Waals surface area (Å²) in [4.78, 5) is 11.6. The summed E-state index contributed by atoms with van der Waals surface area (Å²) in [5, 5.41) is 3.76. The molecule has 0 saturated carbocycles. The van der Waals surface area contributed by atoms with Gasteiger partial charge in [0.2, 0.25) is 5.91 Å². The van der Waals surface area contributed by atoms with Crippen LogP contribution in [0.15, 0.2) is 36.4 Å². The summed E-state index contributed by atoms with van der Waals surface area (Å²) in [5.74, 6) is 0.536. The molecular formula is C18H19Cl2NO2. The second kappa shape index (κ2) is 8.23. The molecule has 0 atom stereocenters. The molecule has 23 heavy (non-hydrogen) atoms. The number of halogens is 2. The monoisotopic (exact) mass is 351 g/mol. The number of benzene rings is 2. The van der Waals surface area contributed by atoms with Gasteiger partial charge in [-0.15, -0.1) is 0 Å². The Kier molecular flexibility index (Phi) is 6.31. The van der Waals surface area contributed by atoms with Crippen LogP contribution in [0.2, 0.25) is 10.0 Å². The van der Waals surface area contributed by atoms with Gasteiger partial charge < -0.3 is 10.1 Å². The first-order valence-electron chi connectivity index (χ1n) is 7.43. The molecule has 0 aromatic heterocycles. The van der Waals surface area contributed by atoms with E-state index in [-0.39, 0.29) is 18.9 Å². The zero-order chi connectivity index (χ0) is 16.8. The number of aryl methyl sites for hydroxylation is 1. The summed E-state index contributed by atoms with van der Waals surface area (Å²) in [6.45, 7) is 2.33. The molecule has 0 aliphatic carbocycles. The first-order chi connectivity index (χ1) is 11.0. The van der Waals surface area contributed by atoms with Crippen LogP contribution < -0.4 is 10.1 Å². The molecule has 0 heterocycles. The third kappa shape index (κ3) is 4.63. The Morgan fingerprint density at radius 2 is 1.96 bits per heavy atom. The highest BCUT2D eigenvalue weighted by Crippen LogP contribution is 2.28. The van der Waals surface area contributed by atoms with E-state index < -0.39 is 0 Å². The van der Waals surface area contributed by atoms with E-state index in [2.05, 4.69) is 12.2 Å². The fourth-order valence-electron chi connectivity index (χ4n) is 2.22. The van der Waals surface area contributed by atoms with Gasteiger partial charge in [0.25, 0.3) is 0 Å².